The van der Waals surface area contributed by atoms with Gasteiger partial charge in [-0.2, -0.15) is 0 Å². The summed E-state index contributed by atoms with van der Waals surface area (Å²) in [6.45, 7) is 2.36. The van der Waals surface area contributed by atoms with Crippen LogP contribution in [0.25, 0.3) is 0 Å². The van der Waals surface area contributed by atoms with E-state index in [1.165, 1.54) is 0 Å². The van der Waals surface area contributed by atoms with Crippen molar-refractivity contribution in [3.05, 3.63) is 0 Å². The molecule has 0 heterocycles. The smallest absolute Gasteiger partial charge is 0.251 e. The van der Waals surface area contributed by atoms with Crippen molar-refractivity contribution in [1.82, 2.24) is 4.90 Å². The van der Waals surface area contributed by atoms with Gasteiger partial charge in [0.2, 0.25) is 0 Å². The van der Waals surface area contributed by atoms with E-state index in [2.05, 4.69) is 6.92 Å². The third-order valence-corrected chi connectivity index (χ3v) is 3.01. The van der Waals surface area contributed by atoms with Gasteiger partial charge in [-0.1, -0.05) is 6.92 Å². The van der Waals surface area contributed by atoms with Gasteiger partial charge in [-0.25, -0.2) is 8.78 Å². The van der Waals surface area contributed by atoms with E-state index in [1.807, 2.05) is 0 Å². The molecule has 1 fully saturated rings. The Morgan fingerprint density at radius 2 is 2.20 bits per heavy atom. The molecule has 1 aliphatic rings. The molecule has 0 saturated heterocycles. The minimum absolute atomic E-state index is 0.0301. The van der Waals surface area contributed by atoms with Crippen LogP contribution in [0.3, 0.4) is 0 Å². The SMILES string of the molecule is CC1CCC(=O)C(CN(C)CC(F)F)C1. The molecule has 0 aromatic carbocycles. The fourth-order valence-corrected chi connectivity index (χ4v) is 2.19. The molecule has 0 radical (unpaired) electrons. The summed E-state index contributed by atoms with van der Waals surface area (Å²) in [5.74, 6) is 0.763. The summed E-state index contributed by atoms with van der Waals surface area (Å²) in [6, 6.07) is 0. The average molecular weight is 219 g/mol. The van der Waals surface area contributed by atoms with Gasteiger partial charge in [0.05, 0.1) is 6.54 Å². The topological polar surface area (TPSA) is 20.3 Å². The normalized spacial score (nSPS) is 27.7. The van der Waals surface area contributed by atoms with E-state index >= 15 is 0 Å². The summed E-state index contributed by atoms with van der Waals surface area (Å²) in [7, 11) is 1.65. The Morgan fingerprint density at radius 1 is 1.53 bits per heavy atom. The molecular formula is C11H19F2NO. The van der Waals surface area contributed by atoms with Crippen LogP contribution >= 0.6 is 0 Å². The first-order valence-electron chi connectivity index (χ1n) is 5.48. The van der Waals surface area contributed by atoms with E-state index in [4.69, 9.17) is 0 Å². The van der Waals surface area contributed by atoms with Crippen LogP contribution in [0.1, 0.15) is 26.2 Å². The van der Waals surface area contributed by atoms with Crippen LogP contribution in [0, 0.1) is 11.8 Å². The quantitative estimate of drug-likeness (QED) is 0.722. The molecule has 1 aliphatic carbocycles. The Labute approximate surface area is 89.6 Å². The summed E-state index contributed by atoms with van der Waals surface area (Å²) in [5, 5.41) is 0. The highest BCUT2D eigenvalue weighted by molar-refractivity contribution is 5.81. The standard InChI is InChI=1S/C11H19F2NO/c1-8-3-4-10(15)9(5-8)6-14(2)7-11(12)13/h8-9,11H,3-7H2,1-2H3. The number of carbonyl (C=O) groups excluding carboxylic acids is 1. The number of ketones is 1. The molecule has 2 nitrogen and oxygen atoms in total. The first kappa shape index (κ1) is 12.6. The van der Waals surface area contributed by atoms with E-state index in [9.17, 15) is 13.6 Å². The van der Waals surface area contributed by atoms with Gasteiger partial charge in [0, 0.05) is 18.9 Å². The number of carbonyl (C=O) groups is 1. The van der Waals surface area contributed by atoms with Gasteiger partial charge >= 0.3 is 0 Å². The van der Waals surface area contributed by atoms with Crippen LogP contribution < -0.4 is 0 Å². The van der Waals surface area contributed by atoms with Crippen molar-refractivity contribution >= 4 is 5.78 Å². The van der Waals surface area contributed by atoms with Crippen molar-refractivity contribution in [2.75, 3.05) is 20.1 Å². The second kappa shape index (κ2) is 5.54. The number of nitrogens with zero attached hydrogens (tertiary/aromatic N) is 1. The number of halogens is 2. The van der Waals surface area contributed by atoms with Crippen molar-refractivity contribution in [3.63, 3.8) is 0 Å². The van der Waals surface area contributed by atoms with Gasteiger partial charge in [0.15, 0.2) is 0 Å². The molecule has 1 rings (SSSR count). The highest BCUT2D eigenvalue weighted by Crippen LogP contribution is 2.26. The van der Waals surface area contributed by atoms with Gasteiger partial charge in [0.25, 0.3) is 6.43 Å². The summed E-state index contributed by atoms with van der Waals surface area (Å²) in [4.78, 5) is 13.1. The number of Topliss-reactive ketones (excluding diaryl/α,β-unsaturated/α-hetero) is 1. The third-order valence-electron chi connectivity index (χ3n) is 3.01. The van der Waals surface area contributed by atoms with Crippen molar-refractivity contribution < 1.29 is 13.6 Å². The highest BCUT2D eigenvalue weighted by Gasteiger charge is 2.27. The predicted molar refractivity (Wildman–Crippen MR) is 55.0 cm³/mol. The zero-order chi connectivity index (χ0) is 11.4. The highest BCUT2D eigenvalue weighted by atomic mass is 19.3. The van der Waals surface area contributed by atoms with E-state index in [0.717, 1.165) is 12.8 Å². The molecule has 88 valence electrons. The van der Waals surface area contributed by atoms with Crippen molar-refractivity contribution in [2.24, 2.45) is 11.8 Å². The zero-order valence-electron chi connectivity index (χ0n) is 9.38. The monoisotopic (exact) mass is 219 g/mol. The number of hydrogen-bond donors (Lipinski definition) is 0. The second-order valence-corrected chi connectivity index (χ2v) is 4.66. The molecule has 15 heavy (non-hydrogen) atoms. The van der Waals surface area contributed by atoms with Gasteiger partial charge in [-0.3, -0.25) is 4.79 Å². The van der Waals surface area contributed by atoms with Gasteiger partial charge in [-0.05, 0) is 25.8 Å². The van der Waals surface area contributed by atoms with Gasteiger partial charge in [-0.15, -0.1) is 0 Å². The van der Waals surface area contributed by atoms with Gasteiger partial charge < -0.3 is 4.90 Å². The number of rotatable bonds is 4. The molecule has 2 unspecified atom stereocenters. The maximum Gasteiger partial charge on any atom is 0.251 e. The Bertz CT molecular complexity index is 221. The van der Waals surface area contributed by atoms with Crippen LogP contribution in [0.5, 0.6) is 0 Å². The molecule has 0 spiro atoms. The molecule has 0 amide bonds. The van der Waals surface area contributed by atoms with Crippen LogP contribution in [-0.4, -0.2) is 37.2 Å². The molecule has 0 bridgehead atoms. The number of hydrogen-bond acceptors (Lipinski definition) is 2. The maximum absolute atomic E-state index is 12.1. The largest absolute Gasteiger partial charge is 0.300 e. The van der Waals surface area contributed by atoms with Crippen LogP contribution in [-0.2, 0) is 4.79 Å². The van der Waals surface area contributed by atoms with Crippen molar-refractivity contribution in [1.29, 1.82) is 0 Å². The zero-order valence-corrected chi connectivity index (χ0v) is 9.38. The molecule has 0 N–H and O–H groups in total. The fraction of sp³-hybridized carbons (Fsp3) is 0.909. The molecule has 4 heteroatoms. The Balaban J connectivity index is 2.38. The van der Waals surface area contributed by atoms with Crippen LogP contribution in [0.4, 0.5) is 8.78 Å². The Kier molecular flexibility index (Phi) is 4.64. The average Bonchev–Trinajstić information content (AvgIpc) is 2.10. The van der Waals surface area contributed by atoms with Crippen molar-refractivity contribution in [2.45, 2.75) is 32.6 Å². The van der Waals surface area contributed by atoms with Crippen molar-refractivity contribution in [3.8, 4) is 0 Å². The molecule has 0 aromatic heterocycles. The maximum atomic E-state index is 12.1. The molecule has 0 aliphatic heterocycles. The van der Waals surface area contributed by atoms with E-state index in [0.29, 0.717) is 18.9 Å². The van der Waals surface area contributed by atoms with E-state index < -0.39 is 6.43 Å². The summed E-state index contributed by atoms with van der Waals surface area (Å²) >= 11 is 0. The summed E-state index contributed by atoms with van der Waals surface area (Å²) in [5.41, 5.74) is 0. The predicted octanol–water partition coefficient (Wildman–Crippen LogP) is 2.19. The molecular weight excluding hydrogens is 200 g/mol. The van der Waals surface area contributed by atoms with E-state index in [1.54, 1.807) is 11.9 Å². The minimum Gasteiger partial charge on any atom is -0.300 e. The lowest BCUT2D eigenvalue weighted by Crippen LogP contribution is -2.36. The first-order chi connectivity index (χ1) is 6.99. The third kappa shape index (κ3) is 4.24. The number of alkyl halides is 2. The molecule has 2 atom stereocenters. The van der Waals surface area contributed by atoms with Crippen LogP contribution in [0.15, 0.2) is 0 Å². The molecule has 1 saturated carbocycles. The lowest BCUT2D eigenvalue weighted by Gasteiger charge is -2.29. The Hall–Kier alpha value is -0.510. The summed E-state index contributed by atoms with van der Waals surface area (Å²) < 4.78 is 24.2. The Morgan fingerprint density at radius 3 is 2.80 bits per heavy atom. The first-order valence-corrected chi connectivity index (χ1v) is 5.48. The minimum atomic E-state index is -2.31. The summed E-state index contributed by atoms with van der Waals surface area (Å²) in [6.07, 6.45) is 0.111. The lowest BCUT2D eigenvalue weighted by molar-refractivity contribution is -0.126. The lowest BCUT2D eigenvalue weighted by atomic mass is 9.81. The van der Waals surface area contributed by atoms with Crippen LogP contribution in [0.2, 0.25) is 0 Å². The second-order valence-electron chi connectivity index (χ2n) is 4.66. The molecule has 0 aromatic rings. The van der Waals surface area contributed by atoms with E-state index in [-0.39, 0.29) is 18.2 Å². The van der Waals surface area contributed by atoms with Gasteiger partial charge in [0.1, 0.15) is 5.78 Å². The fourth-order valence-electron chi connectivity index (χ4n) is 2.19.